The maximum atomic E-state index is 13.6. The molecule has 0 N–H and O–H groups in total. The molecule has 4 aromatic rings. The Labute approximate surface area is 178 Å². The van der Waals surface area contributed by atoms with Gasteiger partial charge in [-0.25, -0.2) is 9.37 Å². The molecule has 4 rings (SSSR count). The van der Waals surface area contributed by atoms with Crippen LogP contribution in [0.25, 0.3) is 10.2 Å². The first kappa shape index (κ1) is 20.0. The second kappa shape index (κ2) is 8.63. The Morgan fingerprint density at radius 2 is 1.87 bits per heavy atom. The number of thiazole rings is 1. The predicted molar refractivity (Wildman–Crippen MR) is 119 cm³/mol. The molecule has 0 radical (unpaired) electrons. The van der Waals surface area contributed by atoms with Gasteiger partial charge in [-0.2, -0.15) is 0 Å². The number of benzene rings is 3. The third kappa shape index (κ3) is 4.33. The maximum Gasteiger partial charge on any atom is 0.233 e. The lowest BCUT2D eigenvalue weighted by Gasteiger charge is -2.20. The van der Waals surface area contributed by atoms with E-state index in [1.165, 1.54) is 23.5 Å². The molecule has 1 aromatic heterocycles. The molecule has 0 bridgehead atoms. The van der Waals surface area contributed by atoms with Crippen molar-refractivity contribution in [2.45, 2.75) is 19.9 Å². The van der Waals surface area contributed by atoms with Crippen molar-refractivity contribution in [3.05, 3.63) is 89.2 Å². The molecule has 1 heterocycles. The number of hydrogen-bond acceptors (Lipinski definition) is 4. The maximum absolute atomic E-state index is 13.6. The largest absolute Gasteiger partial charge is 0.496 e. The summed E-state index contributed by atoms with van der Waals surface area (Å²) in [5.74, 6) is 0.413. The second-order valence-electron chi connectivity index (χ2n) is 7.05. The Kier molecular flexibility index (Phi) is 5.77. The molecular formula is C24H21FN2O2S. The molecule has 0 aliphatic carbocycles. The molecule has 0 spiro atoms. The van der Waals surface area contributed by atoms with Gasteiger partial charge in [0.1, 0.15) is 11.6 Å². The number of anilines is 1. The summed E-state index contributed by atoms with van der Waals surface area (Å²) >= 11 is 1.32. The molecule has 0 fully saturated rings. The van der Waals surface area contributed by atoms with Crippen LogP contribution >= 0.6 is 11.3 Å². The number of fused-ring (bicyclic) bond motifs is 1. The van der Waals surface area contributed by atoms with E-state index >= 15 is 0 Å². The highest BCUT2D eigenvalue weighted by Crippen LogP contribution is 2.31. The van der Waals surface area contributed by atoms with Crippen LogP contribution in [0.1, 0.15) is 16.7 Å². The Morgan fingerprint density at radius 3 is 2.60 bits per heavy atom. The summed E-state index contributed by atoms with van der Waals surface area (Å²) in [6.07, 6.45) is 0.238. The minimum absolute atomic E-state index is 0.0667. The van der Waals surface area contributed by atoms with Gasteiger partial charge in [0.25, 0.3) is 0 Å². The summed E-state index contributed by atoms with van der Waals surface area (Å²) in [5.41, 5.74) is 3.57. The Hall–Kier alpha value is -3.25. The molecule has 1 amide bonds. The van der Waals surface area contributed by atoms with Gasteiger partial charge in [0.05, 0.1) is 30.3 Å². The number of nitrogens with zero attached hydrogens (tertiary/aromatic N) is 2. The van der Waals surface area contributed by atoms with Crippen LogP contribution in [0, 0.1) is 12.7 Å². The molecule has 0 saturated carbocycles. The molecule has 0 aliphatic rings. The van der Waals surface area contributed by atoms with Gasteiger partial charge in [0, 0.05) is 0 Å². The van der Waals surface area contributed by atoms with Gasteiger partial charge >= 0.3 is 0 Å². The van der Waals surface area contributed by atoms with E-state index in [0.29, 0.717) is 17.2 Å². The monoisotopic (exact) mass is 420 g/mol. The number of methoxy groups -OCH3 is 1. The molecule has 0 aliphatic heterocycles. The summed E-state index contributed by atoms with van der Waals surface area (Å²) in [6.45, 7) is 2.35. The number of halogens is 1. The first-order valence-corrected chi connectivity index (χ1v) is 10.4. The molecule has 4 nitrogen and oxygen atoms in total. The van der Waals surface area contributed by atoms with Crippen molar-refractivity contribution >= 4 is 32.6 Å². The van der Waals surface area contributed by atoms with E-state index in [1.54, 1.807) is 18.1 Å². The van der Waals surface area contributed by atoms with Crippen LogP contribution in [0.5, 0.6) is 5.75 Å². The van der Waals surface area contributed by atoms with E-state index in [0.717, 1.165) is 27.1 Å². The second-order valence-corrected chi connectivity index (χ2v) is 8.06. The lowest BCUT2D eigenvalue weighted by Crippen LogP contribution is -2.31. The molecule has 0 atom stereocenters. The minimum atomic E-state index is -0.313. The van der Waals surface area contributed by atoms with Crippen molar-refractivity contribution in [2.24, 2.45) is 0 Å². The van der Waals surface area contributed by atoms with Gasteiger partial charge in [-0.15, -0.1) is 0 Å². The lowest BCUT2D eigenvalue weighted by atomic mass is 10.1. The van der Waals surface area contributed by atoms with E-state index in [1.807, 2.05) is 55.5 Å². The number of amides is 1. The highest BCUT2D eigenvalue weighted by molar-refractivity contribution is 7.22. The van der Waals surface area contributed by atoms with Crippen LogP contribution < -0.4 is 9.64 Å². The zero-order valence-electron chi connectivity index (χ0n) is 16.8. The first-order chi connectivity index (χ1) is 14.5. The summed E-state index contributed by atoms with van der Waals surface area (Å²) in [7, 11) is 1.63. The summed E-state index contributed by atoms with van der Waals surface area (Å²) < 4.78 is 19.7. The van der Waals surface area contributed by atoms with Gasteiger partial charge in [-0.05, 0) is 47.9 Å². The fourth-order valence-electron chi connectivity index (χ4n) is 3.35. The van der Waals surface area contributed by atoms with E-state index in [2.05, 4.69) is 4.98 Å². The number of hydrogen-bond donors (Lipinski definition) is 0. The Bertz CT molecular complexity index is 1190. The average molecular weight is 421 g/mol. The number of carbonyl (C=O) groups excluding carboxylic acids is 1. The number of ether oxygens (including phenoxy) is 1. The van der Waals surface area contributed by atoms with Gasteiger partial charge in [0.2, 0.25) is 5.91 Å². The van der Waals surface area contributed by atoms with Crippen LogP contribution in [0.2, 0.25) is 0 Å². The standard InChI is InChI=1S/C24H21FN2O2S/c1-16-12-18(8-11-21(16)29-2)13-23(28)27(15-17-6-4-3-5-7-17)24-26-20-10-9-19(25)14-22(20)30-24/h3-12,14H,13,15H2,1-2H3. The first-order valence-electron chi connectivity index (χ1n) is 9.57. The number of aromatic nitrogens is 1. The fraction of sp³-hybridized carbons (Fsp3) is 0.167. The van der Waals surface area contributed by atoms with Gasteiger partial charge in [-0.1, -0.05) is 53.8 Å². The lowest BCUT2D eigenvalue weighted by molar-refractivity contribution is -0.118. The van der Waals surface area contributed by atoms with E-state index in [9.17, 15) is 9.18 Å². The molecule has 30 heavy (non-hydrogen) atoms. The van der Waals surface area contributed by atoms with Crippen molar-refractivity contribution < 1.29 is 13.9 Å². The normalized spacial score (nSPS) is 10.9. The van der Waals surface area contributed by atoms with E-state index in [-0.39, 0.29) is 18.1 Å². The van der Waals surface area contributed by atoms with Crippen molar-refractivity contribution in [3.63, 3.8) is 0 Å². The zero-order chi connectivity index (χ0) is 21.1. The number of carbonyl (C=O) groups is 1. The smallest absolute Gasteiger partial charge is 0.233 e. The van der Waals surface area contributed by atoms with Crippen molar-refractivity contribution in [1.82, 2.24) is 4.98 Å². The third-order valence-electron chi connectivity index (χ3n) is 4.87. The van der Waals surface area contributed by atoms with Crippen molar-refractivity contribution in [1.29, 1.82) is 0 Å². The molecule has 3 aromatic carbocycles. The predicted octanol–water partition coefficient (Wildman–Crippen LogP) is 5.53. The molecule has 152 valence electrons. The molecular weight excluding hydrogens is 399 g/mol. The van der Waals surface area contributed by atoms with E-state index in [4.69, 9.17) is 4.74 Å². The van der Waals surface area contributed by atoms with Crippen LogP contribution in [0.4, 0.5) is 9.52 Å². The Morgan fingerprint density at radius 1 is 1.07 bits per heavy atom. The van der Waals surface area contributed by atoms with Crippen LogP contribution in [0.3, 0.4) is 0 Å². The van der Waals surface area contributed by atoms with Crippen molar-refractivity contribution in [2.75, 3.05) is 12.0 Å². The van der Waals surface area contributed by atoms with Crippen LogP contribution in [-0.2, 0) is 17.8 Å². The summed E-state index contributed by atoms with van der Waals surface area (Å²) in [5, 5.41) is 0.565. The number of rotatable bonds is 6. The average Bonchev–Trinajstić information content (AvgIpc) is 3.15. The topological polar surface area (TPSA) is 42.4 Å². The minimum Gasteiger partial charge on any atom is -0.496 e. The summed E-state index contributed by atoms with van der Waals surface area (Å²) in [4.78, 5) is 19.6. The fourth-order valence-corrected chi connectivity index (χ4v) is 4.36. The summed E-state index contributed by atoms with van der Waals surface area (Å²) in [6, 6.07) is 20.0. The van der Waals surface area contributed by atoms with Crippen LogP contribution in [-0.4, -0.2) is 18.0 Å². The van der Waals surface area contributed by atoms with Gasteiger partial charge in [-0.3, -0.25) is 9.69 Å². The highest BCUT2D eigenvalue weighted by atomic mass is 32.1. The number of aryl methyl sites for hydroxylation is 1. The van der Waals surface area contributed by atoms with Gasteiger partial charge in [0.15, 0.2) is 5.13 Å². The SMILES string of the molecule is COc1ccc(CC(=O)N(Cc2ccccc2)c2nc3ccc(F)cc3s2)cc1C. The van der Waals surface area contributed by atoms with E-state index < -0.39 is 0 Å². The third-order valence-corrected chi connectivity index (χ3v) is 5.91. The van der Waals surface area contributed by atoms with Gasteiger partial charge < -0.3 is 4.74 Å². The molecule has 0 saturated heterocycles. The Balaban J connectivity index is 1.66. The zero-order valence-corrected chi connectivity index (χ0v) is 17.6. The van der Waals surface area contributed by atoms with Crippen LogP contribution in [0.15, 0.2) is 66.7 Å². The van der Waals surface area contributed by atoms with Crippen molar-refractivity contribution in [3.8, 4) is 5.75 Å². The highest BCUT2D eigenvalue weighted by Gasteiger charge is 2.21. The molecule has 0 unspecified atom stereocenters. The molecule has 6 heteroatoms. The quantitative estimate of drug-likeness (QED) is 0.412.